The Morgan fingerprint density at radius 2 is 2.11 bits per heavy atom. The van der Waals surface area contributed by atoms with Gasteiger partial charge in [0.15, 0.2) is 0 Å². The smallest absolute Gasteiger partial charge is 0.243 e. The van der Waals surface area contributed by atoms with Crippen LogP contribution >= 0.6 is 0 Å². The van der Waals surface area contributed by atoms with Gasteiger partial charge in [-0.05, 0) is 25.0 Å². The Morgan fingerprint density at radius 1 is 1.33 bits per heavy atom. The molecule has 1 aromatic carbocycles. The molecule has 0 unspecified atom stereocenters. The Balaban J connectivity index is 1.73. The molecule has 5 nitrogen and oxygen atoms in total. The van der Waals surface area contributed by atoms with Gasteiger partial charge < -0.3 is 0 Å². The third-order valence-corrected chi connectivity index (χ3v) is 2.79. The second-order valence-electron chi connectivity index (χ2n) is 4.29. The van der Waals surface area contributed by atoms with E-state index in [4.69, 9.17) is 0 Å². The van der Waals surface area contributed by atoms with Gasteiger partial charge in [-0.3, -0.25) is 9.78 Å². The van der Waals surface area contributed by atoms with Crippen molar-refractivity contribution >= 4 is 23.2 Å². The summed E-state index contributed by atoms with van der Waals surface area (Å²) in [4.78, 5) is 20.0. The first-order chi connectivity index (χ1) is 8.83. The highest BCUT2D eigenvalue weighted by atomic mass is 16.2. The maximum Gasteiger partial charge on any atom is 0.243 e. The molecule has 0 saturated heterocycles. The zero-order valence-corrected chi connectivity index (χ0v) is 9.71. The van der Waals surface area contributed by atoms with E-state index in [1.54, 1.807) is 6.20 Å². The van der Waals surface area contributed by atoms with Gasteiger partial charge in [0.2, 0.25) is 5.91 Å². The molecule has 0 spiro atoms. The lowest BCUT2D eigenvalue weighted by molar-refractivity contribution is -0.122. The number of para-hydroxylation sites is 2. The number of benzene rings is 1. The van der Waals surface area contributed by atoms with Crippen molar-refractivity contribution in [1.82, 2.24) is 15.4 Å². The summed E-state index contributed by atoms with van der Waals surface area (Å²) in [7, 11) is 0. The summed E-state index contributed by atoms with van der Waals surface area (Å²) in [5.74, 6) is 0.143. The molecule has 0 aliphatic heterocycles. The minimum absolute atomic E-state index is 0.0139. The third kappa shape index (κ3) is 2.34. The van der Waals surface area contributed by atoms with Gasteiger partial charge in [-0.25, -0.2) is 10.4 Å². The molecule has 1 aliphatic carbocycles. The predicted octanol–water partition coefficient (Wildman–Crippen LogP) is 1.49. The maximum absolute atomic E-state index is 11.3. The molecule has 1 saturated carbocycles. The molecule has 3 rings (SSSR count). The van der Waals surface area contributed by atoms with Gasteiger partial charge in [0.25, 0.3) is 0 Å². The van der Waals surface area contributed by atoms with Crippen molar-refractivity contribution in [1.29, 1.82) is 0 Å². The van der Waals surface area contributed by atoms with Gasteiger partial charge in [0, 0.05) is 5.92 Å². The molecular formula is C13H12N4O. The lowest BCUT2D eigenvalue weighted by Gasteiger charge is -1.98. The second kappa shape index (κ2) is 4.52. The zero-order chi connectivity index (χ0) is 12.4. The molecular weight excluding hydrogens is 228 g/mol. The number of rotatable bonds is 3. The van der Waals surface area contributed by atoms with Gasteiger partial charge in [-0.15, -0.1) is 0 Å². The largest absolute Gasteiger partial charge is 0.273 e. The molecule has 1 aliphatic rings. The van der Waals surface area contributed by atoms with Crippen LogP contribution in [0.15, 0.2) is 35.6 Å². The van der Waals surface area contributed by atoms with Crippen molar-refractivity contribution in [3.05, 3.63) is 36.2 Å². The normalized spacial score (nSPS) is 15.1. The molecule has 1 heterocycles. The minimum atomic E-state index is -0.0139. The quantitative estimate of drug-likeness (QED) is 0.653. The summed E-state index contributed by atoms with van der Waals surface area (Å²) in [6, 6.07) is 7.62. The minimum Gasteiger partial charge on any atom is -0.273 e. The van der Waals surface area contributed by atoms with Gasteiger partial charge in [0.1, 0.15) is 5.69 Å². The summed E-state index contributed by atoms with van der Waals surface area (Å²) in [5, 5.41) is 3.88. The number of carbonyl (C=O) groups excluding carboxylic acids is 1. The highest BCUT2D eigenvalue weighted by molar-refractivity contribution is 5.85. The van der Waals surface area contributed by atoms with E-state index in [-0.39, 0.29) is 11.8 Å². The van der Waals surface area contributed by atoms with E-state index in [2.05, 4.69) is 20.5 Å². The summed E-state index contributed by atoms with van der Waals surface area (Å²) >= 11 is 0. The van der Waals surface area contributed by atoms with Gasteiger partial charge in [0.05, 0.1) is 23.4 Å². The van der Waals surface area contributed by atoms with Crippen LogP contribution in [-0.2, 0) is 4.79 Å². The second-order valence-corrected chi connectivity index (χ2v) is 4.29. The summed E-state index contributed by atoms with van der Waals surface area (Å²) in [6.07, 6.45) is 5.09. The number of hydrogen-bond donors (Lipinski definition) is 1. The van der Waals surface area contributed by atoms with Gasteiger partial charge in [-0.2, -0.15) is 5.10 Å². The maximum atomic E-state index is 11.3. The van der Waals surface area contributed by atoms with Gasteiger partial charge in [-0.1, -0.05) is 12.1 Å². The first kappa shape index (κ1) is 10.8. The summed E-state index contributed by atoms with van der Waals surface area (Å²) < 4.78 is 0. The molecule has 0 radical (unpaired) electrons. The fourth-order valence-corrected chi connectivity index (χ4v) is 1.63. The lowest BCUT2D eigenvalue weighted by atomic mass is 10.3. The standard InChI is InChI=1S/C13H12N4O/c18-13(9-5-6-9)17-15-8-10-7-14-11-3-1-2-4-12(11)16-10/h1-4,7-9H,5-6H2,(H,17,18)/b15-8+. The highest BCUT2D eigenvalue weighted by Gasteiger charge is 2.29. The van der Waals surface area contributed by atoms with Crippen LogP contribution in [0.1, 0.15) is 18.5 Å². The number of amides is 1. The SMILES string of the molecule is O=C(N/N=C/c1cnc2ccccc2n1)C1CC1. The number of carbonyl (C=O) groups is 1. The molecule has 0 bridgehead atoms. The van der Waals surface area contributed by atoms with E-state index in [9.17, 15) is 4.79 Å². The van der Waals surface area contributed by atoms with Crippen molar-refractivity contribution in [2.24, 2.45) is 11.0 Å². The van der Waals surface area contributed by atoms with Crippen molar-refractivity contribution in [2.45, 2.75) is 12.8 Å². The first-order valence-electron chi connectivity index (χ1n) is 5.87. The number of fused-ring (bicyclic) bond motifs is 1. The number of nitrogens with one attached hydrogen (secondary N) is 1. The fourth-order valence-electron chi connectivity index (χ4n) is 1.63. The van der Waals surface area contributed by atoms with Crippen molar-refractivity contribution in [3.63, 3.8) is 0 Å². The van der Waals surface area contributed by atoms with Crippen LogP contribution in [0.3, 0.4) is 0 Å². The van der Waals surface area contributed by atoms with E-state index >= 15 is 0 Å². The van der Waals surface area contributed by atoms with Crippen LogP contribution in [0.5, 0.6) is 0 Å². The van der Waals surface area contributed by atoms with Crippen LogP contribution in [0.4, 0.5) is 0 Å². The van der Waals surface area contributed by atoms with E-state index < -0.39 is 0 Å². The predicted molar refractivity (Wildman–Crippen MR) is 68.0 cm³/mol. The van der Waals surface area contributed by atoms with Crippen molar-refractivity contribution < 1.29 is 4.79 Å². The number of hydrazone groups is 1. The molecule has 1 aromatic heterocycles. The van der Waals surface area contributed by atoms with Crippen molar-refractivity contribution in [3.8, 4) is 0 Å². The Labute approximate surface area is 104 Å². The average Bonchev–Trinajstić information content (AvgIpc) is 3.23. The van der Waals surface area contributed by atoms with E-state index in [0.717, 1.165) is 23.9 Å². The first-order valence-corrected chi connectivity index (χ1v) is 5.87. The molecule has 0 atom stereocenters. The van der Waals surface area contributed by atoms with Crippen molar-refractivity contribution in [2.75, 3.05) is 0 Å². The topological polar surface area (TPSA) is 67.2 Å². The summed E-state index contributed by atoms with van der Waals surface area (Å²) in [6.45, 7) is 0. The number of aromatic nitrogens is 2. The lowest BCUT2D eigenvalue weighted by Crippen LogP contribution is -2.19. The van der Waals surface area contributed by atoms with Crippen LogP contribution in [-0.4, -0.2) is 22.1 Å². The monoisotopic (exact) mass is 240 g/mol. The molecule has 90 valence electrons. The van der Waals surface area contributed by atoms with E-state index in [0.29, 0.717) is 5.69 Å². The van der Waals surface area contributed by atoms with E-state index in [1.165, 1.54) is 6.21 Å². The molecule has 2 aromatic rings. The highest BCUT2D eigenvalue weighted by Crippen LogP contribution is 2.28. The molecule has 1 amide bonds. The molecule has 18 heavy (non-hydrogen) atoms. The molecule has 1 N–H and O–H groups in total. The van der Waals surface area contributed by atoms with Crippen LogP contribution < -0.4 is 5.43 Å². The Kier molecular flexibility index (Phi) is 2.72. The molecule has 5 heteroatoms. The van der Waals surface area contributed by atoms with Gasteiger partial charge >= 0.3 is 0 Å². The van der Waals surface area contributed by atoms with Crippen LogP contribution in [0.25, 0.3) is 11.0 Å². The van der Waals surface area contributed by atoms with E-state index in [1.807, 2.05) is 24.3 Å². The average molecular weight is 240 g/mol. The third-order valence-electron chi connectivity index (χ3n) is 2.79. The zero-order valence-electron chi connectivity index (χ0n) is 9.71. The van der Waals surface area contributed by atoms with Crippen LogP contribution in [0.2, 0.25) is 0 Å². The molecule has 1 fully saturated rings. The Hall–Kier alpha value is -2.30. The Morgan fingerprint density at radius 3 is 2.89 bits per heavy atom. The summed E-state index contributed by atoms with van der Waals surface area (Å²) in [5.41, 5.74) is 4.79. The van der Waals surface area contributed by atoms with Crippen LogP contribution in [0, 0.1) is 5.92 Å². The number of nitrogens with zero attached hydrogens (tertiary/aromatic N) is 3. The number of hydrogen-bond acceptors (Lipinski definition) is 4. The Bertz CT molecular complexity index is 619. The fraction of sp³-hybridized carbons (Fsp3) is 0.231.